The number of nitrogens with zero attached hydrogens (tertiary/aromatic N) is 1. The number of hydrogen-bond acceptors (Lipinski definition) is 3. The number of nitrogens with one attached hydrogen (secondary N) is 2. The molecule has 0 spiro atoms. The molecule has 1 fully saturated rings. The van der Waals surface area contributed by atoms with E-state index >= 15 is 0 Å². The Kier molecular flexibility index (Phi) is 5.23. The summed E-state index contributed by atoms with van der Waals surface area (Å²) in [6, 6.07) is 12.6. The highest BCUT2D eigenvalue weighted by atomic mass is 35.5. The van der Waals surface area contributed by atoms with Crippen LogP contribution >= 0.6 is 11.6 Å². The molecule has 2 aromatic carbocycles. The van der Waals surface area contributed by atoms with Crippen LogP contribution in [0.15, 0.2) is 48.5 Å². The fourth-order valence-corrected chi connectivity index (χ4v) is 4.38. The number of para-hydroxylation sites is 1. The van der Waals surface area contributed by atoms with E-state index in [4.69, 9.17) is 11.6 Å². The van der Waals surface area contributed by atoms with Crippen molar-refractivity contribution in [2.24, 2.45) is 5.92 Å². The van der Waals surface area contributed by atoms with E-state index in [1.165, 1.54) is 0 Å². The van der Waals surface area contributed by atoms with Gasteiger partial charge in [-0.3, -0.25) is 9.69 Å². The molecule has 0 radical (unpaired) electrons. The monoisotopic (exact) mass is 413 g/mol. The minimum absolute atomic E-state index is 0.0375. The summed E-state index contributed by atoms with van der Waals surface area (Å²) in [5.74, 6) is -0.290. The molecule has 1 aliphatic carbocycles. The molecule has 1 heterocycles. The SMILES string of the molecule is C[C@@H]1CCCC[C@@H]1NC(=O)[C@]1(O)c2ccccc2NC(=O)N1c1ccc(Cl)cc1. The molecular formula is C22H24ClN3O3. The minimum atomic E-state index is -2.18. The zero-order valence-corrected chi connectivity index (χ0v) is 16.9. The van der Waals surface area contributed by atoms with E-state index in [0.717, 1.165) is 30.6 Å². The van der Waals surface area contributed by atoms with E-state index in [1.807, 2.05) is 0 Å². The molecule has 7 heteroatoms. The first-order valence-electron chi connectivity index (χ1n) is 9.91. The van der Waals surface area contributed by atoms with Gasteiger partial charge in [-0.2, -0.15) is 0 Å². The van der Waals surface area contributed by atoms with Gasteiger partial charge in [0, 0.05) is 22.3 Å². The molecule has 1 aliphatic heterocycles. The number of carbonyl (C=O) groups is 2. The number of hydrogen-bond donors (Lipinski definition) is 3. The maximum Gasteiger partial charge on any atom is 0.329 e. The third kappa shape index (κ3) is 3.47. The number of fused-ring (bicyclic) bond motifs is 1. The van der Waals surface area contributed by atoms with Crippen molar-refractivity contribution in [2.45, 2.75) is 44.4 Å². The first-order valence-corrected chi connectivity index (χ1v) is 10.3. The number of amides is 3. The molecule has 3 amide bonds. The van der Waals surface area contributed by atoms with E-state index < -0.39 is 17.7 Å². The third-order valence-corrected chi connectivity index (χ3v) is 6.15. The Labute approximate surface area is 174 Å². The summed E-state index contributed by atoms with van der Waals surface area (Å²) in [5, 5.41) is 18.1. The van der Waals surface area contributed by atoms with Crippen molar-refractivity contribution in [1.29, 1.82) is 0 Å². The van der Waals surface area contributed by atoms with Gasteiger partial charge in [-0.05, 0) is 49.1 Å². The summed E-state index contributed by atoms with van der Waals surface area (Å²) in [4.78, 5) is 27.5. The van der Waals surface area contributed by atoms with Crippen molar-refractivity contribution < 1.29 is 14.7 Å². The van der Waals surface area contributed by atoms with Gasteiger partial charge in [0.25, 0.3) is 11.6 Å². The Balaban J connectivity index is 1.78. The second kappa shape index (κ2) is 7.69. The molecule has 29 heavy (non-hydrogen) atoms. The van der Waals surface area contributed by atoms with Crippen LogP contribution in [-0.4, -0.2) is 23.1 Å². The zero-order chi connectivity index (χ0) is 20.6. The molecule has 0 aromatic heterocycles. The first kappa shape index (κ1) is 19.7. The lowest BCUT2D eigenvalue weighted by Crippen LogP contribution is -2.64. The summed E-state index contributed by atoms with van der Waals surface area (Å²) in [5.41, 5.74) is -1.06. The van der Waals surface area contributed by atoms with Gasteiger partial charge in [-0.15, -0.1) is 0 Å². The maximum absolute atomic E-state index is 13.5. The summed E-state index contributed by atoms with van der Waals surface area (Å²) in [7, 11) is 0. The molecule has 4 rings (SSSR count). The summed E-state index contributed by atoms with van der Waals surface area (Å²) in [6.07, 6.45) is 4.06. The summed E-state index contributed by atoms with van der Waals surface area (Å²) in [6.45, 7) is 2.10. The molecule has 6 nitrogen and oxygen atoms in total. The summed E-state index contributed by atoms with van der Waals surface area (Å²) < 4.78 is 0. The van der Waals surface area contributed by atoms with Crippen LogP contribution in [0.1, 0.15) is 38.2 Å². The highest BCUT2D eigenvalue weighted by Crippen LogP contribution is 2.40. The van der Waals surface area contributed by atoms with Crippen molar-refractivity contribution in [1.82, 2.24) is 5.32 Å². The molecule has 3 N–H and O–H groups in total. The highest BCUT2D eigenvalue weighted by Gasteiger charge is 2.52. The van der Waals surface area contributed by atoms with E-state index in [1.54, 1.807) is 48.5 Å². The van der Waals surface area contributed by atoms with Crippen LogP contribution in [0, 0.1) is 5.92 Å². The smallest absolute Gasteiger partial charge is 0.329 e. The van der Waals surface area contributed by atoms with Crippen LogP contribution < -0.4 is 15.5 Å². The van der Waals surface area contributed by atoms with Gasteiger partial charge >= 0.3 is 6.03 Å². The van der Waals surface area contributed by atoms with Crippen LogP contribution in [0.5, 0.6) is 0 Å². The molecular weight excluding hydrogens is 390 g/mol. The van der Waals surface area contributed by atoms with Gasteiger partial charge in [0.2, 0.25) is 0 Å². The lowest BCUT2D eigenvalue weighted by molar-refractivity contribution is -0.141. The van der Waals surface area contributed by atoms with Crippen molar-refractivity contribution in [3.05, 3.63) is 59.1 Å². The minimum Gasteiger partial charge on any atom is -0.359 e. The lowest BCUT2D eigenvalue weighted by atomic mass is 9.85. The van der Waals surface area contributed by atoms with Crippen LogP contribution in [0.25, 0.3) is 0 Å². The Morgan fingerprint density at radius 3 is 2.59 bits per heavy atom. The fourth-order valence-electron chi connectivity index (χ4n) is 4.25. The van der Waals surface area contributed by atoms with Gasteiger partial charge in [0.05, 0.1) is 5.69 Å². The maximum atomic E-state index is 13.5. The Bertz CT molecular complexity index is 933. The largest absolute Gasteiger partial charge is 0.359 e. The lowest BCUT2D eigenvalue weighted by Gasteiger charge is -2.44. The Morgan fingerprint density at radius 2 is 1.86 bits per heavy atom. The van der Waals surface area contributed by atoms with Crippen LogP contribution in [-0.2, 0) is 10.5 Å². The van der Waals surface area contributed by atoms with Crippen LogP contribution in [0.3, 0.4) is 0 Å². The van der Waals surface area contributed by atoms with Gasteiger partial charge in [-0.25, -0.2) is 4.79 Å². The molecule has 0 saturated heterocycles. The fraction of sp³-hybridized carbons (Fsp3) is 0.364. The number of urea groups is 1. The molecule has 1 saturated carbocycles. The zero-order valence-electron chi connectivity index (χ0n) is 16.2. The van der Waals surface area contributed by atoms with Crippen molar-refractivity contribution in [2.75, 3.05) is 10.2 Å². The van der Waals surface area contributed by atoms with Crippen LogP contribution in [0.2, 0.25) is 5.02 Å². The van der Waals surface area contributed by atoms with Crippen molar-refractivity contribution in [3.8, 4) is 0 Å². The third-order valence-electron chi connectivity index (χ3n) is 5.90. The number of rotatable bonds is 3. The average molecular weight is 414 g/mol. The Hall–Kier alpha value is -2.57. The second-order valence-electron chi connectivity index (χ2n) is 7.80. The number of benzene rings is 2. The predicted molar refractivity (Wildman–Crippen MR) is 113 cm³/mol. The molecule has 2 aliphatic rings. The van der Waals surface area contributed by atoms with Gasteiger partial charge in [0.1, 0.15) is 0 Å². The van der Waals surface area contributed by atoms with Crippen LogP contribution in [0.4, 0.5) is 16.2 Å². The second-order valence-corrected chi connectivity index (χ2v) is 8.24. The number of aliphatic hydroxyl groups is 1. The number of anilines is 2. The standard InChI is InChI=1S/C22H24ClN3O3/c1-14-6-2-4-8-18(14)24-20(27)22(29)17-7-3-5-9-19(17)25-21(28)26(22)16-12-10-15(23)11-13-16/h3,5,7,9-14,18,29H,2,4,6,8H2,1H3,(H,24,27)(H,25,28)/t14-,18+,22-/m1/s1. The van der Waals surface area contributed by atoms with E-state index in [2.05, 4.69) is 17.6 Å². The Morgan fingerprint density at radius 1 is 1.17 bits per heavy atom. The normalized spacial score (nSPS) is 26.4. The molecule has 152 valence electrons. The van der Waals surface area contributed by atoms with Crippen molar-refractivity contribution >= 4 is 34.9 Å². The molecule has 0 bridgehead atoms. The van der Waals surface area contributed by atoms with Crippen molar-refractivity contribution in [3.63, 3.8) is 0 Å². The van der Waals surface area contributed by atoms with E-state index in [9.17, 15) is 14.7 Å². The topological polar surface area (TPSA) is 81.7 Å². The number of halogens is 1. The van der Waals surface area contributed by atoms with Gasteiger partial charge in [0.15, 0.2) is 0 Å². The summed E-state index contributed by atoms with van der Waals surface area (Å²) >= 11 is 5.99. The average Bonchev–Trinajstić information content (AvgIpc) is 2.71. The predicted octanol–water partition coefficient (Wildman–Crippen LogP) is 4.23. The highest BCUT2D eigenvalue weighted by molar-refractivity contribution is 6.30. The number of carbonyl (C=O) groups excluding carboxylic acids is 2. The molecule has 3 atom stereocenters. The van der Waals surface area contributed by atoms with Gasteiger partial charge < -0.3 is 15.7 Å². The molecule has 2 aromatic rings. The van der Waals surface area contributed by atoms with E-state index in [-0.39, 0.29) is 6.04 Å². The molecule has 0 unspecified atom stereocenters. The van der Waals surface area contributed by atoms with Gasteiger partial charge in [-0.1, -0.05) is 49.6 Å². The quantitative estimate of drug-likeness (QED) is 0.704. The first-order chi connectivity index (χ1) is 13.9. The van der Waals surface area contributed by atoms with E-state index in [0.29, 0.717) is 27.9 Å².